The Morgan fingerprint density at radius 1 is 1.19 bits per heavy atom. The first kappa shape index (κ1) is 17.5. The maximum Gasteiger partial charge on any atom is 0.170 e. The Balaban J connectivity index is 1.83. The molecule has 0 aliphatic carbocycles. The molecule has 1 unspecified atom stereocenters. The number of anilines is 1. The smallest absolute Gasteiger partial charge is 0.170 e. The third-order valence-electron chi connectivity index (χ3n) is 4.05. The third kappa shape index (κ3) is 4.22. The molecule has 1 aromatic heterocycles. The van der Waals surface area contributed by atoms with Gasteiger partial charge in [-0.25, -0.2) is 0 Å². The molecule has 0 aliphatic rings. The second kappa shape index (κ2) is 7.74. The Morgan fingerprint density at radius 3 is 2.46 bits per heavy atom. The van der Waals surface area contributed by atoms with Crippen LogP contribution in [0.1, 0.15) is 34.1 Å². The Morgan fingerprint density at radius 2 is 1.88 bits per heavy atom. The molecule has 6 nitrogen and oxygen atoms in total. The van der Waals surface area contributed by atoms with Crippen molar-refractivity contribution in [3.8, 4) is 11.5 Å². The molecule has 2 N–H and O–H groups in total. The molecule has 0 spiro atoms. The highest BCUT2D eigenvalue weighted by molar-refractivity contribution is 5.96. The maximum absolute atomic E-state index is 12.7. The number of aromatic hydroxyl groups is 1. The summed E-state index contributed by atoms with van der Waals surface area (Å²) in [6.07, 6.45) is 0.225. The average Bonchev–Trinajstić information content (AvgIpc) is 3.06. The number of ether oxygens (including phenoxy) is 1. The van der Waals surface area contributed by atoms with E-state index in [0.717, 1.165) is 11.3 Å². The number of rotatable bonds is 7. The number of aryl methyl sites for hydroxylation is 1. The summed E-state index contributed by atoms with van der Waals surface area (Å²) in [7, 11) is 1.61. The van der Waals surface area contributed by atoms with E-state index in [1.165, 1.54) is 12.1 Å². The van der Waals surface area contributed by atoms with Gasteiger partial charge in [-0.3, -0.25) is 4.79 Å². The first-order chi connectivity index (χ1) is 12.5. The SMILES string of the molecule is COc1ccc(C(CC(=O)c2ccc(O)cc2)Nc2cc(C)on2)cc1. The Labute approximate surface area is 151 Å². The minimum absolute atomic E-state index is 0.0430. The van der Waals surface area contributed by atoms with Crippen molar-refractivity contribution >= 4 is 11.6 Å². The fourth-order valence-electron chi connectivity index (χ4n) is 2.65. The first-order valence-electron chi connectivity index (χ1n) is 8.21. The summed E-state index contributed by atoms with van der Waals surface area (Å²) in [6.45, 7) is 1.81. The molecule has 0 saturated carbocycles. The van der Waals surface area contributed by atoms with E-state index < -0.39 is 0 Å². The van der Waals surface area contributed by atoms with Crippen molar-refractivity contribution in [1.82, 2.24) is 5.16 Å². The lowest BCUT2D eigenvalue weighted by atomic mass is 9.97. The standard InChI is InChI=1S/C20H20N2O4/c1-13-11-20(22-26-13)21-18(14-5-9-17(25-2)10-6-14)12-19(24)15-3-7-16(23)8-4-15/h3-11,18,23H,12H2,1-2H3,(H,21,22). The van der Waals surface area contributed by atoms with Crippen LogP contribution in [0.5, 0.6) is 11.5 Å². The van der Waals surface area contributed by atoms with Crippen LogP contribution in [0.2, 0.25) is 0 Å². The molecule has 3 aromatic rings. The molecule has 6 heteroatoms. The van der Waals surface area contributed by atoms with Crippen molar-refractivity contribution in [2.24, 2.45) is 0 Å². The molecule has 0 saturated heterocycles. The zero-order valence-electron chi connectivity index (χ0n) is 14.6. The van der Waals surface area contributed by atoms with Crippen molar-refractivity contribution in [2.75, 3.05) is 12.4 Å². The summed E-state index contributed by atoms with van der Waals surface area (Å²) in [5.74, 6) is 2.09. The van der Waals surface area contributed by atoms with Gasteiger partial charge in [0.05, 0.1) is 13.2 Å². The van der Waals surface area contributed by atoms with Gasteiger partial charge in [0, 0.05) is 18.1 Å². The quantitative estimate of drug-likeness (QED) is 0.622. The molecule has 2 aromatic carbocycles. The van der Waals surface area contributed by atoms with E-state index in [-0.39, 0.29) is 24.0 Å². The largest absolute Gasteiger partial charge is 0.508 e. The second-order valence-corrected chi connectivity index (χ2v) is 5.97. The summed E-state index contributed by atoms with van der Waals surface area (Å²) in [6, 6.07) is 15.3. The van der Waals surface area contributed by atoms with E-state index >= 15 is 0 Å². The zero-order valence-corrected chi connectivity index (χ0v) is 14.6. The molecule has 0 radical (unpaired) electrons. The monoisotopic (exact) mass is 352 g/mol. The lowest BCUT2D eigenvalue weighted by Gasteiger charge is -2.18. The molecule has 1 heterocycles. The van der Waals surface area contributed by atoms with Gasteiger partial charge in [0.15, 0.2) is 11.6 Å². The summed E-state index contributed by atoms with van der Waals surface area (Å²) < 4.78 is 10.3. The third-order valence-corrected chi connectivity index (χ3v) is 4.05. The topological polar surface area (TPSA) is 84.6 Å². The molecule has 1 atom stereocenters. The van der Waals surface area contributed by atoms with Crippen LogP contribution in [0.4, 0.5) is 5.82 Å². The lowest BCUT2D eigenvalue weighted by molar-refractivity contribution is 0.0976. The van der Waals surface area contributed by atoms with E-state index in [1.54, 1.807) is 25.3 Å². The lowest BCUT2D eigenvalue weighted by Crippen LogP contribution is -2.16. The highest BCUT2D eigenvalue weighted by Crippen LogP contribution is 2.26. The molecular weight excluding hydrogens is 332 g/mol. The Kier molecular flexibility index (Phi) is 5.22. The van der Waals surface area contributed by atoms with Crippen LogP contribution >= 0.6 is 0 Å². The highest BCUT2D eigenvalue weighted by Gasteiger charge is 2.19. The molecule has 0 amide bonds. The molecule has 134 valence electrons. The number of Topliss-reactive ketones (excluding diaryl/α,β-unsaturated/α-hetero) is 1. The van der Waals surface area contributed by atoms with Gasteiger partial charge >= 0.3 is 0 Å². The number of carbonyl (C=O) groups is 1. The molecule has 0 aliphatic heterocycles. The summed E-state index contributed by atoms with van der Waals surface area (Å²) in [5.41, 5.74) is 1.47. The molecule has 3 rings (SSSR count). The number of aromatic nitrogens is 1. The molecule has 26 heavy (non-hydrogen) atoms. The van der Waals surface area contributed by atoms with Crippen molar-refractivity contribution in [3.05, 3.63) is 71.5 Å². The summed E-state index contributed by atoms with van der Waals surface area (Å²) in [5, 5.41) is 16.6. The number of ketones is 1. The number of hydrogen-bond acceptors (Lipinski definition) is 6. The number of benzene rings is 2. The van der Waals surface area contributed by atoms with Crippen LogP contribution in [0.3, 0.4) is 0 Å². The van der Waals surface area contributed by atoms with Gasteiger partial charge < -0.3 is 19.7 Å². The predicted octanol–water partition coefficient (Wildman–Crippen LogP) is 4.12. The minimum atomic E-state index is -0.285. The Hall–Kier alpha value is -3.28. The van der Waals surface area contributed by atoms with Crippen LogP contribution in [0.15, 0.2) is 59.1 Å². The van der Waals surface area contributed by atoms with E-state index in [4.69, 9.17) is 9.26 Å². The molecule has 0 fully saturated rings. The van der Waals surface area contributed by atoms with Crippen molar-refractivity contribution in [1.29, 1.82) is 0 Å². The average molecular weight is 352 g/mol. The first-order valence-corrected chi connectivity index (χ1v) is 8.21. The summed E-state index contributed by atoms with van der Waals surface area (Å²) >= 11 is 0. The van der Waals surface area contributed by atoms with Gasteiger partial charge in [0.2, 0.25) is 0 Å². The van der Waals surface area contributed by atoms with Crippen LogP contribution < -0.4 is 10.1 Å². The number of carbonyl (C=O) groups excluding carboxylic acids is 1. The summed E-state index contributed by atoms with van der Waals surface area (Å²) in [4.78, 5) is 12.7. The van der Waals surface area contributed by atoms with Gasteiger partial charge in [0.1, 0.15) is 17.3 Å². The van der Waals surface area contributed by atoms with Gasteiger partial charge in [0.25, 0.3) is 0 Å². The fourth-order valence-corrected chi connectivity index (χ4v) is 2.65. The van der Waals surface area contributed by atoms with Gasteiger partial charge in [-0.05, 0) is 48.9 Å². The van der Waals surface area contributed by atoms with E-state index in [0.29, 0.717) is 17.1 Å². The van der Waals surface area contributed by atoms with Crippen LogP contribution in [0.25, 0.3) is 0 Å². The van der Waals surface area contributed by atoms with Crippen molar-refractivity contribution < 1.29 is 19.2 Å². The number of phenolic OH excluding ortho intramolecular Hbond substituents is 1. The van der Waals surface area contributed by atoms with E-state index in [2.05, 4.69) is 10.5 Å². The van der Waals surface area contributed by atoms with E-state index in [9.17, 15) is 9.90 Å². The van der Waals surface area contributed by atoms with Gasteiger partial charge in [-0.2, -0.15) is 0 Å². The zero-order chi connectivity index (χ0) is 18.5. The fraction of sp³-hybridized carbons (Fsp3) is 0.200. The van der Waals surface area contributed by atoms with Crippen molar-refractivity contribution in [3.63, 3.8) is 0 Å². The number of phenols is 1. The van der Waals surface area contributed by atoms with Crippen molar-refractivity contribution in [2.45, 2.75) is 19.4 Å². The number of methoxy groups -OCH3 is 1. The highest BCUT2D eigenvalue weighted by atomic mass is 16.5. The number of nitrogens with zero attached hydrogens (tertiary/aromatic N) is 1. The van der Waals surface area contributed by atoms with Gasteiger partial charge in [-0.1, -0.05) is 17.3 Å². The minimum Gasteiger partial charge on any atom is -0.508 e. The molecular formula is C20H20N2O4. The maximum atomic E-state index is 12.7. The predicted molar refractivity (Wildman–Crippen MR) is 97.7 cm³/mol. The number of nitrogens with one attached hydrogen (secondary N) is 1. The van der Waals surface area contributed by atoms with Gasteiger partial charge in [-0.15, -0.1) is 0 Å². The van der Waals surface area contributed by atoms with E-state index in [1.807, 2.05) is 31.2 Å². The van der Waals surface area contributed by atoms with Crippen LogP contribution in [0, 0.1) is 6.92 Å². The van der Waals surface area contributed by atoms with Crippen LogP contribution in [-0.2, 0) is 0 Å². The second-order valence-electron chi connectivity index (χ2n) is 5.97. The Bertz CT molecular complexity index is 870. The molecule has 0 bridgehead atoms. The normalized spacial score (nSPS) is 11.8. The number of hydrogen-bond donors (Lipinski definition) is 2. The van der Waals surface area contributed by atoms with Crippen LogP contribution in [-0.4, -0.2) is 23.2 Å².